The summed E-state index contributed by atoms with van der Waals surface area (Å²) in [5, 5.41) is 5.70. The van der Waals surface area contributed by atoms with Crippen LogP contribution in [0.2, 0.25) is 0 Å². The lowest BCUT2D eigenvalue weighted by atomic mass is 10.2. The van der Waals surface area contributed by atoms with Crippen molar-refractivity contribution in [2.75, 3.05) is 6.79 Å². The molecule has 0 atom stereocenters. The van der Waals surface area contributed by atoms with Crippen molar-refractivity contribution in [1.82, 2.24) is 10.4 Å². The van der Waals surface area contributed by atoms with Crippen LogP contribution in [0.4, 0.5) is 0 Å². The van der Waals surface area contributed by atoms with E-state index in [0.717, 1.165) is 16.9 Å². The van der Waals surface area contributed by atoms with E-state index in [-0.39, 0.29) is 24.0 Å². The van der Waals surface area contributed by atoms with Gasteiger partial charge in [-0.2, -0.15) is 5.10 Å². The number of rotatable bonds is 7. The normalized spacial score (nSPS) is 13.1. The van der Waals surface area contributed by atoms with E-state index in [2.05, 4.69) is 15.5 Å². The summed E-state index contributed by atoms with van der Waals surface area (Å²) in [7, 11) is -3.46. The van der Waals surface area contributed by atoms with Gasteiger partial charge in [0.25, 0.3) is 5.91 Å². The highest BCUT2D eigenvalue weighted by Crippen LogP contribution is 2.31. The molecule has 0 bridgehead atoms. The van der Waals surface area contributed by atoms with Gasteiger partial charge in [-0.3, -0.25) is 4.79 Å². The quantitative estimate of drug-likeness (QED) is 0.448. The molecule has 2 aromatic heterocycles. The van der Waals surface area contributed by atoms with E-state index in [1.165, 1.54) is 17.9 Å². The Bertz CT molecular complexity index is 1150. The van der Waals surface area contributed by atoms with E-state index in [0.29, 0.717) is 22.3 Å². The van der Waals surface area contributed by atoms with Crippen molar-refractivity contribution in [3.63, 3.8) is 0 Å². The van der Waals surface area contributed by atoms with Gasteiger partial charge in [0.1, 0.15) is 28.0 Å². The molecular weight excluding hydrogens is 418 g/mol. The van der Waals surface area contributed by atoms with E-state index in [9.17, 15) is 13.2 Å². The maximum absolute atomic E-state index is 12.2. The van der Waals surface area contributed by atoms with Gasteiger partial charge in [-0.25, -0.2) is 18.8 Å². The topological polar surface area (TPSA) is 120 Å². The van der Waals surface area contributed by atoms with Crippen LogP contribution in [0.3, 0.4) is 0 Å². The van der Waals surface area contributed by atoms with E-state index >= 15 is 0 Å². The van der Waals surface area contributed by atoms with Gasteiger partial charge in [-0.05, 0) is 35.9 Å². The molecule has 1 aliphatic rings. The molecule has 150 valence electrons. The first-order valence-corrected chi connectivity index (χ1v) is 11.1. The lowest BCUT2D eigenvalue weighted by Gasteiger charge is -1.99. The zero-order valence-corrected chi connectivity index (χ0v) is 16.5. The maximum atomic E-state index is 12.2. The van der Waals surface area contributed by atoms with Crippen LogP contribution in [0, 0.1) is 0 Å². The highest BCUT2D eigenvalue weighted by molar-refractivity contribution is 7.89. The largest absolute Gasteiger partial charge is 0.468 e. The number of aromatic nitrogens is 1. The smallest absolute Gasteiger partial charge is 0.290 e. The van der Waals surface area contributed by atoms with E-state index in [1.54, 1.807) is 30.3 Å². The Morgan fingerprint density at radius 1 is 1.24 bits per heavy atom. The number of hydrazone groups is 1. The summed E-state index contributed by atoms with van der Waals surface area (Å²) < 4.78 is 40.0. The Hall–Kier alpha value is -3.18. The number of thiazole rings is 1. The molecule has 0 saturated heterocycles. The molecule has 4 rings (SSSR count). The lowest BCUT2D eigenvalue weighted by Crippen LogP contribution is -2.18. The minimum absolute atomic E-state index is 0.0982. The van der Waals surface area contributed by atoms with Crippen LogP contribution in [0.15, 0.2) is 51.5 Å². The summed E-state index contributed by atoms with van der Waals surface area (Å²) in [5.74, 6) is 0.598. The molecule has 3 aromatic rings. The van der Waals surface area contributed by atoms with Crippen LogP contribution in [-0.4, -0.2) is 32.3 Å². The van der Waals surface area contributed by atoms with Crippen LogP contribution in [0.25, 0.3) is 0 Å². The third-order valence-electron chi connectivity index (χ3n) is 3.85. The number of hydrogen-bond acceptors (Lipinski definition) is 9. The van der Waals surface area contributed by atoms with Crippen LogP contribution >= 0.6 is 11.3 Å². The fourth-order valence-corrected chi connectivity index (χ4v) is 5.06. The second-order valence-corrected chi connectivity index (χ2v) is 9.06. The highest BCUT2D eigenvalue weighted by atomic mass is 32.2. The number of hydrogen-bond donors (Lipinski definition) is 1. The highest BCUT2D eigenvalue weighted by Gasteiger charge is 2.19. The second-order valence-electron chi connectivity index (χ2n) is 6.05. The molecule has 9 nitrogen and oxygen atoms in total. The molecule has 0 aliphatic carbocycles. The van der Waals surface area contributed by atoms with Gasteiger partial charge in [0.05, 0.1) is 12.5 Å². The van der Waals surface area contributed by atoms with Crippen LogP contribution in [0.5, 0.6) is 11.5 Å². The summed E-state index contributed by atoms with van der Waals surface area (Å²) in [6.07, 6.45) is 2.88. The van der Waals surface area contributed by atoms with E-state index in [1.807, 2.05) is 0 Å². The van der Waals surface area contributed by atoms with Gasteiger partial charge < -0.3 is 13.9 Å². The molecule has 1 N–H and O–H groups in total. The lowest BCUT2D eigenvalue weighted by molar-refractivity contribution is 0.0950. The molecule has 0 radical (unpaired) electrons. The van der Waals surface area contributed by atoms with Crippen molar-refractivity contribution in [3.8, 4) is 11.5 Å². The van der Waals surface area contributed by atoms with Crippen molar-refractivity contribution in [3.05, 3.63) is 64.0 Å². The molecule has 0 fully saturated rings. The summed E-state index contributed by atoms with van der Waals surface area (Å²) in [4.78, 5) is 16.3. The summed E-state index contributed by atoms with van der Waals surface area (Å²) in [6, 6.07) is 8.48. The van der Waals surface area contributed by atoms with Crippen LogP contribution in [0.1, 0.15) is 26.8 Å². The summed E-state index contributed by atoms with van der Waals surface area (Å²) in [6.45, 7) is 0.177. The number of amides is 1. The number of benzene rings is 1. The van der Waals surface area contributed by atoms with Gasteiger partial charge >= 0.3 is 0 Å². The first-order valence-electron chi connectivity index (χ1n) is 8.39. The summed E-state index contributed by atoms with van der Waals surface area (Å²) in [5.41, 5.74) is 3.18. The van der Waals surface area contributed by atoms with Crippen molar-refractivity contribution >= 4 is 33.3 Å². The predicted octanol–water partition coefficient (Wildman–Crippen LogP) is 2.34. The Labute approximate surface area is 169 Å². The standard InChI is InChI=1S/C18H15N3O6S2/c22-18(21-19-7-12-3-4-15-16(6-12)27-11-26-15)14-8-28-17(20-14)10-29(23,24)9-13-2-1-5-25-13/h1-8H,9-11H2,(H,21,22)/b19-7+. The number of carbonyl (C=O) groups is 1. The molecule has 1 amide bonds. The zero-order valence-electron chi connectivity index (χ0n) is 14.9. The molecule has 29 heavy (non-hydrogen) atoms. The minimum atomic E-state index is -3.46. The van der Waals surface area contributed by atoms with E-state index < -0.39 is 15.7 Å². The zero-order chi connectivity index (χ0) is 20.3. The Kier molecular flexibility index (Phi) is 5.32. The minimum Gasteiger partial charge on any atom is -0.468 e. The molecule has 3 heterocycles. The van der Waals surface area contributed by atoms with Crippen molar-refractivity contribution in [2.24, 2.45) is 5.10 Å². The van der Waals surface area contributed by atoms with Crippen LogP contribution < -0.4 is 14.9 Å². The molecule has 0 unspecified atom stereocenters. The fraction of sp³-hybridized carbons (Fsp3) is 0.167. The fourth-order valence-electron chi connectivity index (χ4n) is 2.55. The molecule has 0 saturated carbocycles. The van der Waals surface area contributed by atoms with Gasteiger partial charge in [0.2, 0.25) is 6.79 Å². The molecule has 1 aliphatic heterocycles. The Morgan fingerprint density at radius 2 is 2.10 bits per heavy atom. The van der Waals surface area contributed by atoms with Gasteiger partial charge in [0.15, 0.2) is 21.3 Å². The number of fused-ring (bicyclic) bond motifs is 1. The predicted molar refractivity (Wildman–Crippen MR) is 105 cm³/mol. The van der Waals surface area contributed by atoms with Crippen molar-refractivity contribution < 1.29 is 27.1 Å². The first-order chi connectivity index (χ1) is 14.0. The van der Waals surface area contributed by atoms with Crippen molar-refractivity contribution in [2.45, 2.75) is 11.5 Å². The molecule has 0 spiro atoms. The second kappa shape index (κ2) is 8.05. The average Bonchev–Trinajstić information content (AvgIpc) is 3.42. The third kappa shape index (κ3) is 4.81. The number of sulfone groups is 1. The Balaban J connectivity index is 1.34. The third-order valence-corrected chi connectivity index (χ3v) is 6.32. The van der Waals surface area contributed by atoms with Crippen LogP contribution in [-0.2, 0) is 21.3 Å². The number of carbonyl (C=O) groups excluding carboxylic acids is 1. The number of nitrogens with one attached hydrogen (secondary N) is 1. The number of furan rings is 1. The molecule has 1 aromatic carbocycles. The maximum Gasteiger partial charge on any atom is 0.290 e. The first kappa shape index (κ1) is 19.2. The molecular formula is C18H15N3O6S2. The van der Waals surface area contributed by atoms with Gasteiger partial charge in [-0.1, -0.05) is 0 Å². The molecule has 11 heteroatoms. The summed E-state index contributed by atoms with van der Waals surface area (Å²) >= 11 is 1.10. The van der Waals surface area contributed by atoms with Gasteiger partial charge in [0, 0.05) is 5.38 Å². The van der Waals surface area contributed by atoms with E-state index in [4.69, 9.17) is 13.9 Å². The monoisotopic (exact) mass is 433 g/mol. The van der Waals surface area contributed by atoms with Gasteiger partial charge in [-0.15, -0.1) is 11.3 Å². The Morgan fingerprint density at radius 3 is 2.93 bits per heavy atom. The number of nitrogens with zero attached hydrogens (tertiary/aromatic N) is 2. The average molecular weight is 433 g/mol. The SMILES string of the molecule is O=C(N/N=C/c1ccc2c(c1)OCO2)c1csc(CS(=O)(=O)Cc2ccco2)n1. The number of ether oxygens (including phenoxy) is 2. The van der Waals surface area contributed by atoms with Crippen molar-refractivity contribution in [1.29, 1.82) is 0 Å².